The van der Waals surface area contributed by atoms with Crippen molar-refractivity contribution < 1.29 is 13.2 Å². The molecular weight excluding hydrogens is 332 g/mol. The summed E-state index contributed by atoms with van der Waals surface area (Å²) in [4.78, 5) is 0. The predicted octanol–water partition coefficient (Wildman–Crippen LogP) is 3.63. The van der Waals surface area contributed by atoms with E-state index in [-0.39, 0.29) is 0 Å². The third-order valence-electron chi connectivity index (χ3n) is 1.93. The Morgan fingerprint density at radius 3 is 2.56 bits per heavy atom. The zero-order valence-corrected chi connectivity index (χ0v) is 10.8. The summed E-state index contributed by atoms with van der Waals surface area (Å²) in [5.41, 5.74) is 6.82. The van der Waals surface area contributed by atoms with Crippen LogP contribution in [0.3, 0.4) is 0 Å². The summed E-state index contributed by atoms with van der Waals surface area (Å²) >= 11 is 2.03. The highest BCUT2D eigenvalue weighted by molar-refractivity contribution is 14.1. The van der Waals surface area contributed by atoms with E-state index in [1.165, 1.54) is 6.92 Å². The largest absolute Gasteiger partial charge is 0.399 e. The zero-order valence-electron chi connectivity index (χ0n) is 8.61. The minimum Gasteiger partial charge on any atom is -0.399 e. The van der Waals surface area contributed by atoms with E-state index in [4.69, 9.17) is 5.73 Å². The SMILES string of the molecule is CC(CC(F)(F)F)Nc1ccc(N)cc1I. The molecule has 0 spiro atoms. The highest BCUT2D eigenvalue weighted by atomic mass is 127. The average Bonchev–Trinajstić information content (AvgIpc) is 2.06. The van der Waals surface area contributed by atoms with Gasteiger partial charge in [-0.1, -0.05) is 0 Å². The van der Waals surface area contributed by atoms with Crippen molar-refractivity contribution in [1.82, 2.24) is 0 Å². The maximum absolute atomic E-state index is 12.1. The van der Waals surface area contributed by atoms with Gasteiger partial charge in [0.2, 0.25) is 0 Å². The van der Waals surface area contributed by atoms with Crippen LogP contribution in [0, 0.1) is 3.57 Å². The Morgan fingerprint density at radius 2 is 2.06 bits per heavy atom. The van der Waals surface area contributed by atoms with Gasteiger partial charge in [-0.25, -0.2) is 0 Å². The van der Waals surface area contributed by atoms with E-state index >= 15 is 0 Å². The molecule has 0 radical (unpaired) electrons. The Labute approximate surface area is 106 Å². The molecule has 0 heterocycles. The van der Waals surface area contributed by atoms with E-state index < -0.39 is 18.6 Å². The van der Waals surface area contributed by atoms with Crippen molar-refractivity contribution in [3.05, 3.63) is 21.8 Å². The quantitative estimate of drug-likeness (QED) is 0.649. The van der Waals surface area contributed by atoms with Crippen molar-refractivity contribution in [2.45, 2.75) is 25.6 Å². The number of anilines is 2. The number of nitrogen functional groups attached to an aromatic ring is 1. The number of alkyl halides is 3. The minimum absolute atomic E-state index is 0.596. The Balaban J connectivity index is 2.66. The van der Waals surface area contributed by atoms with Crippen molar-refractivity contribution in [1.29, 1.82) is 0 Å². The fourth-order valence-corrected chi connectivity index (χ4v) is 2.01. The second kappa shape index (κ2) is 5.11. The molecule has 0 saturated heterocycles. The molecule has 2 nitrogen and oxygen atoms in total. The number of hydrogen-bond donors (Lipinski definition) is 2. The van der Waals surface area contributed by atoms with E-state index in [0.29, 0.717) is 11.4 Å². The van der Waals surface area contributed by atoms with Gasteiger partial charge in [-0.05, 0) is 47.7 Å². The zero-order chi connectivity index (χ0) is 12.3. The number of halogens is 4. The lowest BCUT2D eigenvalue weighted by atomic mass is 10.2. The summed E-state index contributed by atoms with van der Waals surface area (Å²) in [6, 6.07) is 4.40. The van der Waals surface area contributed by atoms with Gasteiger partial charge in [0.25, 0.3) is 0 Å². The first-order valence-corrected chi connectivity index (χ1v) is 5.74. The predicted molar refractivity (Wildman–Crippen MR) is 67.3 cm³/mol. The van der Waals surface area contributed by atoms with E-state index in [9.17, 15) is 13.2 Å². The normalized spacial score (nSPS) is 13.6. The van der Waals surface area contributed by atoms with E-state index in [1.807, 2.05) is 22.6 Å². The van der Waals surface area contributed by atoms with Gasteiger partial charge in [0.15, 0.2) is 0 Å². The smallest absolute Gasteiger partial charge is 0.391 e. The molecule has 16 heavy (non-hydrogen) atoms. The highest BCUT2D eigenvalue weighted by Gasteiger charge is 2.30. The molecule has 1 atom stereocenters. The standard InChI is InChI=1S/C10H12F3IN2/c1-6(5-10(11,12)13)16-9-3-2-7(15)4-8(9)14/h2-4,6,16H,5,15H2,1H3. The molecule has 6 heteroatoms. The maximum atomic E-state index is 12.1. The first-order valence-electron chi connectivity index (χ1n) is 4.66. The number of nitrogens with two attached hydrogens (primary N) is 1. The fourth-order valence-electron chi connectivity index (χ4n) is 1.31. The van der Waals surface area contributed by atoms with Crippen LogP contribution >= 0.6 is 22.6 Å². The van der Waals surface area contributed by atoms with Gasteiger partial charge in [0.1, 0.15) is 0 Å². The van der Waals surface area contributed by atoms with Crippen LogP contribution < -0.4 is 11.1 Å². The molecule has 0 aliphatic carbocycles. The molecule has 0 amide bonds. The van der Waals surface area contributed by atoms with Crippen molar-refractivity contribution in [2.24, 2.45) is 0 Å². The molecule has 0 aromatic heterocycles. The van der Waals surface area contributed by atoms with Crippen LogP contribution in [0.2, 0.25) is 0 Å². The van der Waals surface area contributed by atoms with Gasteiger partial charge in [-0.3, -0.25) is 0 Å². The van der Waals surface area contributed by atoms with Crippen molar-refractivity contribution in [2.75, 3.05) is 11.1 Å². The summed E-state index contributed by atoms with van der Waals surface area (Å²) in [6.45, 7) is 1.50. The molecule has 1 aromatic rings. The van der Waals surface area contributed by atoms with Gasteiger partial charge in [-0.2, -0.15) is 13.2 Å². The lowest BCUT2D eigenvalue weighted by molar-refractivity contribution is -0.136. The third-order valence-corrected chi connectivity index (χ3v) is 2.83. The van der Waals surface area contributed by atoms with E-state index in [1.54, 1.807) is 18.2 Å². The van der Waals surface area contributed by atoms with Gasteiger partial charge in [0.05, 0.1) is 6.42 Å². The lowest BCUT2D eigenvalue weighted by Crippen LogP contribution is -2.24. The molecular formula is C10H12F3IN2. The first-order chi connectivity index (χ1) is 7.28. The molecule has 3 N–H and O–H groups in total. The summed E-state index contributed by atoms with van der Waals surface area (Å²) < 4.78 is 37.1. The van der Waals surface area contributed by atoms with Crippen molar-refractivity contribution in [3.8, 4) is 0 Å². The summed E-state index contributed by atoms with van der Waals surface area (Å²) in [6.07, 6.45) is -5.00. The van der Waals surface area contributed by atoms with Crippen LogP contribution in [0.15, 0.2) is 18.2 Å². The number of rotatable bonds is 3. The van der Waals surface area contributed by atoms with Gasteiger partial charge >= 0.3 is 6.18 Å². The van der Waals surface area contributed by atoms with Crippen LogP contribution in [-0.4, -0.2) is 12.2 Å². The third kappa shape index (κ3) is 4.46. The molecule has 0 saturated carbocycles. The lowest BCUT2D eigenvalue weighted by Gasteiger charge is -2.18. The summed E-state index contributed by atoms with van der Waals surface area (Å²) in [5.74, 6) is 0. The monoisotopic (exact) mass is 344 g/mol. The summed E-state index contributed by atoms with van der Waals surface area (Å²) in [7, 11) is 0. The second-order valence-corrected chi connectivity index (χ2v) is 4.77. The number of nitrogens with one attached hydrogen (secondary N) is 1. The van der Waals surface area contributed by atoms with Gasteiger partial charge < -0.3 is 11.1 Å². The van der Waals surface area contributed by atoms with Crippen LogP contribution in [0.25, 0.3) is 0 Å². The highest BCUT2D eigenvalue weighted by Crippen LogP contribution is 2.26. The Kier molecular flexibility index (Phi) is 4.28. The minimum atomic E-state index is -4.15. The average molecular weight is 344 g/mol. The molecule has 1 rings (SSSR count). The van der Waals surface area contributed by atoms with Gasteiger partial charge in [0, 0.05) is 21.0 Å². The molecule has 0 aliphatic heterocycles. The van der Waals surface area contributed by atoms with Crippen LogP contribution in [0.4, 0.5) is 24.5 Å². The Hall–Kier alpha value is -0.660. The van der Waals surface area contributed by atoms with Gasteiger partial charge in [-0.15, -0.1) is 0 Å². The molecule has 0 bridgehead atoms. The molecule has 90 valence electrons. The number of benzene rings is 1. The van der Waals surface area contributed by atoms with E-state index in [0.717, 1.165) is 3.57 Å². The van der Waals surface area contributed by atoms with Crippen LogP contribution in [0.1, 0.15) is 13.3 Å². The fraction of sp³-hybridized carbons (Fsp3) is 0.400. The Bertz CT molecular complexity index is 366. The molecule has 1 aromatic carbocycles. The first kappa shape index (κ1) is 13.4. The van der Waals surface area contributed by atoms with Crippen LogP contribution in [-0.2, 0) is 0 Å². The molecule has 1 unspecified atom stereocenters. The van der Waals surface area contributed by atoms with E-state index in [2.05, 4.69) is 5.32 Å². The topological polar surface area (TPSA) is 38.0 Å². The Morgan fingerprint density at radius 1 is 1.44 bits per heavy atom. The van der Waals surface area contributed by atoms with Crippen molar-refractivity contribution in [3.63, 3.8) is 0 Å². The summed E-state index contributed by atoms with van der Waals surface area (Å²) in [5, 5.41) is 2.81. The van der Waals surface area contributed by atoms with Crippen LogP contribution in [0.5, 0.6) is 0 Å². The second-order valence-electron chi connectivity index (χ2n) is 3.60. The molecule has 0 fully saturated rings. The molecule has 0 aliphatic rings. The van der Waals surface area contributed by atoms with Crippen molar-refractivity contribution >= 4 is 34.0 Å². The maximum Gasteiger partial charge on any atom is 0.391 e. The number of hydrogen-bond acceptors (Lipinski definition) is 2.